The summed E-state index contributed by atoms with van der Waals surface area (Å²) in [5.74, 6) is -3.05. The van der Waals surface area contributed by atoms with Gasteiger partial charge in [-0.05, 0) is 17.7 Å². The van der Waals surface area contributed by atoms with Gasteiger partial charge in [0.05, 0.1) is 11.5 Å². The van der Waals surface area contributed by atoms with E-state index in [0.29, 0.717) is 16.2 Å². The third kappa shape index (κ3) is 5.52. The fourth-order valence-electron chi connectivity index (χ4n) is 3.49. The van der Waals surface area contributed by atoms with Crippen LogP contribution in [0, 0.1) is 15.5 Å². The van der Waals surface area contributed by atoms with Crippen LogP contribution in [0.4, 0.5) is 10.5 Å². The van der Waals surface area contributed by atoms with Crippen LogP contribution in [-0.2, 0) is 25.7 Å². The summed E-state index contributed by atoms with van der Waals surface area (Å²) in [6, 6.07) is 15.5. The van der Waals surface area contributed by atoms with Gasteiger partial charge in [-0.2, -0.15) is 0 Å². The SMILES string of the molecule is CC(C)(C)C(=O)C(Cl)(OCN1C(=O)C([N+](=O)[O-])N(Cc2ccccc2)C1=O)C(=O)Nc1ccccc1. The predicted molar refractivity (Wildman–Crippen MR) is 129 cm³/mol. The van der Waals surface area contributed by atoms with Crippen molar-refractivity contribution in [2.24, 2.45) is 5.41 Å². The smallest absolute Gasteiger partial charge is 0.324 e. The molecule has 2 atom stereocenters. The second kappa shape index (κ2) is 10.4. The lowest BCUT2D eigenvalue weighted by Gasteiger charge is -2.31. The summed E-state index contributed by atoms with van der Waals surface area (Å²) in [5, 5.41) is 11.5. The Hall–Kier alpha value is -3.83. The van der Waals surface area contributed by atoms with Crippen molar-refractivity contribution < 1.29 is 28.8 Å². The Morgan fingerprint density at radius 2 is 1.61 bits per heavy atom. The van der Waals surface area contributed by atoms with Crippen molar-refractivity contribution >= 4 is 40.9 Å². The molecule has 0 aliphatic carbocycles. The van der Waals surface area contributed by atoms with E-state index in [4.69, 9.17) is 16.3 Å². The molecule has 11 nitrogen and oxygen atoms in total. The molecule has 1 N–H and O–H groups in total. The number of hydrogen-bond acceptors (Lipinski definition) is 7. The Labute approximate surface area is 212 Å². The van der Waals surface area contributed by atoms with Crippen LogP contribution in [0.25, 0.3) is 0 Å². The highest BCUT2D eigenvalue weighted by molar-refractivity contribution is 6.47. The molecule has 0 saturated carbocycles. The summed E-state index contributed by atoms with van der Waals surface area (Å²) < 4.78 is 5.44. The van der Waals surface area contributed by atoms with E-state index in [2.05, 4.69) is 5.32 Å². The van der Waals surface area contributed by atoms with Gasteiger partial charge in [-0.3, -0.25) is 24.5 Å². The number of hydrogen-bond donors (Lipinski definition) is 1. The number of nitro groups is 1. The minimum Gasteiger partial charge on any atom is -0.324 e. The molecule has 4 amide bonds. The van der Waals surface area contributed by atoms with Crippen LogP contribution in [0.2, 0.25) is 0 Å². The zero-order chi connectivity index (χ0) is 26.7. The Kier molecular flexibility index (Phi) is 7.75. The van der Waals surface area contributed by atoms with Crippen LogP contribution in [0.1, 0.15) is 26.3 Å². The van der Waals surface area contributed by atoms with Gasteiger partial charge in [0.2, 0.25) is 0 Å². The third-order valence-corrected chi connectivity index (χ3v) is 5.80. The molecule has 1 saturated heterocycles. The summed E-state index contributed by atoms with van der Waals surface area (Å²) in [5.41, 5.74) is -0.268. The molecule has 1 heterocycles. The average Bonchev–Trinajstić information content (AvgIpc) is 3.06. The van der Waals surface area contributed by atoms with Gasteiger partial charge in [-0.1, -0.05) is 80.9 Å². The van der Waals surface area contributed by atoms with E-state index in [0.717, 1.165) is 4.90 Å². The maximum Gasteiger partial charge on any atom is 0.369 e. The number of nitrogens with zero attached hydrogens (tertiary/aromatic N) is 3. The van der Waals surface area contributed by atoms with Crippen molar-refractivity contribution in [3.8, 4) is 0 Å². The molecule has 1 aliphatic rings. The second-order valence-corrected chi connectivity index (χ2v) is 9.62. The number of halogens is 1. The summed E-state index contributed by atoms with van der Waals surface area (Å²) in [7, 11) is 0. The Morgan fingerprint density at radius 1 is 1.06 bits per heavy atom. The van der Waals surface area contributed by atoms with Crippen molar-refractivity contribution in [2.45, 2.75) is 38.5 Å². The number of alkyl halides is 1. The van der Waals surface area contributed by atoms with Gasteiger partial charge < -0.3 is 10.1 Å². The van der Waals surface area contributed by atoms with E-state index in [1.54, 1.807) is 60.7 Å². The lowest BCUT2D eigenvalue weighted by atomic mass is 9.87. The van der Waals surface area contributed by atoms with E-state index in [1.165, 1.54) is 20.8 Å². The van der Waals surface area contributed by atoms with Gasteiger partial charge in [-0.25, -0.2) is 14.6 Å². The zero-order valence-corrected chi connectivity index (χ0v) is 20.6. The lowest BCUT2D eigenvalue weighted by Crippen LogP contribution is -2.53. The first-order valence-corrected chi connectivity index (χ1v) is 11.3. The standard InChI is InChI=1S/C24H25ClN4O7/c1-23(2,3)20(31)24(25,21(32)26-17-12-8-5-9-13-17)36-15-28-19(30)18(29(34)35)27(22(28)33)14-16-10-6-4-7-11-16/h4-13,18H,14-15H2,1-3H3,(H,26,32). The number of ether oxygens (including phenoxy) is 1. The topological polar surface area (TPSA) is 139 Å². The maximum atomic E-state index is 13.1. The Balaban J connectivity index is 1.86. The molecule has 36 heavy (non-hydrogen) atoms. The zero-order valence-electron chi connectivity index (χ0n) is 19.8. The van der Waals surface area contributed by atoms with Gasteiger partial charge in [0.15, 0.2) is 5.78 Å². The largest absolute Gasteiger partial charge is 0.369 e. The highest BCUT2D eigenvalue weighted by Crippen LogP contribution is 2.32. The number of carbonyl (C=O) groups excluding carboxylic acids is 4. The highest BCUT2D eigenvalue weighted by Gasteiger charge is 2.55. The first-order chi connectivity index (χ1) is 16.9. The van der Waals surface area contributed by atoms with Gasteiger partial charge in [0, 0.05) is 11.1 Å². The summed E-state index contributed by atoms with van der Waals surface area (Å²) >= 11 is 6.43. The fraction of sp³-hybridized carbons (Fsp3) is 0.333. The molecule has 1 fully saturated rings. The van der Waals surface area contributed by atoms with Gasteiger partial charge in [0.25, 0.3) is 11.0 Å². The molecule has 0 aromatic heterocycles. The molecular formula is C24H25ClN4O7. The molecule has 2 aromatic rings. The molecule has 2 unspecified atom stereocenters. The van der Waals surface area contributed by atoms with Crippen molar-refractivity contribution in [1.29, 1.82) is 0 Å². The number of amides is 4. The Bertz CT molecular complexity index is 1170. The van der Waals surface area contributed by atoms with Crippen LogP contribution in [-0.4, -0.2) is 56.3 Å². The van der Waals surface area contributed by atoms with Crippen molar-refractivity contribution in [2.75, 3.05) is 12.0 Å². The lowest BCUT2D eigenvalue weighted by molar-refractivity contribution is -0.528. The van der Waals surface area contributed by atoms with Crippen molar-refractivity contribution in [3.63, 3.8) is 0 Å². The van der Waals surface area contributed by atoms with E-state index in [9.17, 15) is 29.3 Å². The van der Waals surface area contributed by atoms with Crippen LogP contribution in [0.15, 0.2) is 60.7 Å². The van der Waals surface area contributed by atoms with E-state index in [-0.39, 0.29) is 6.54 Å². The predicted octanol–water partition coefficient (Wildman–Crippen LogP) is 3.22. The number of urea groups is 1. The van der Waals surface area contributed by atoms with Crippen LogP contribution in [0.5, 0.6) is 0 Å². The molecule has 0 radical (unpaired) electrons. The average molecular weight is 517 g/mol. The van der Waals surface area contributed by atoms with Gasteiger partial charge >= 0.3 is 18.1 Å². The number of nitrogens with one attached hydrogen (secondary N) is 1. The van der Waals surface area contributed by atoms with E-state index >= 15 is 0 Å². The molecule has 0 bridgehead atoms. The minimum atomic E-state index is -2.63. The molecular weight excluding hydrogens is 492 g/mol. The molecule has 1 aliphatic heterocycles. The number of carbonyl (C=O) groups is 4. The summed E-state index contributed by atoms with van der Waals surface area (Å²) in [6.07, 6.45) is -2.00. The number of rotatable bonds is 9. The molecule has 0 spiro atoms. The number of imide groups is 1. The summed E-state index contributed by atoms with van der Waals surface area (Å²) in [6.45, 7) is 3.38. The number of ketones is 1. The number of Topliss-reactive ketones (excluding diaryl/α,β-unsaturated/α-hetero) is 1. The fourth-order valence-corrected chi connectivity index (χ4v) is 3.87. The number of benzene rings is 2. The number of anilines is 1. The summed E-state index contributed by atoms with van der Waals surface area (Å²) in [4.78, 5) is 64.0. The second-order valence-electron chi connectivity index (χ2n) is 9.09. The van der Waals surface area contributed by atoms with Crippen LogP contribution >= 0.6 is 11.6 Å². The van der Waals surface area contributed by atoms with Gasteiger partial charge in [0.1, 0.15) is 6.73 Å². The first-order valence-electron chi connectivity index (χ1n) is 10.9. The van der Waals surface area contributed by atoms with Crippen molar-refractivity contribution in [1.82, 2.24) is 9.80 Å². The molecule has 3 rings (SSSR count). The van der Waals surface area contributed by atoms with E-state index < -0.39 is 51.9 Å². The monoisotopic (exact) mass is 516 g/mol. The van der Waals surface area contributed by atoms with Gasteiger partial charge in [-0.15, -0.1) is 0 Å². The van der Waals surface area contributed by atoms with Crippen LogP contribution < -0.4 is 5.32 Å². The normalized spacial score (nSPS) is 17.6. The van der Waals surface area contributed by atoms with Crippen molar-refractivity contribution in [3.05, 3.63) is 76.3 Å². The molecule has 190 valence electrons. The highest BCUT2D eigenvalue weighted by atomic mass is 35.5. The van der Waals surface area contributed by atoms with Crippen LogP contribution in [0.3, 0.4) is 0 Å². The Morgan fingerprint density at radius 3 is 2.14 bits per heavy atom. The molecule has 2 aromatic carbocycles. The third-order valence-electron chi connectivity index (χ3n) is 5.34. The quantitative estimate of drug-likeness (QED) is 0.177. The first kappa shape index (κ1) is 26.8. The maximum absolute atomic E-state index is 13.1. The number of para-hydroxylation sites is 1. The minimum absolute atomic E-state index is 0.213. The van der Waals surface area contributed by atoms with E-state index in [1.807, 2.05) is 0 Å². The molecule has 12 heteroatoms.